The van der Waals surface area contributed by atoms with Gasteiger partial charge in [-0.2, -0.15) is 0 Å². The number of carbonyl (C=O) groups excluding carboxylic acids is 1. The molecule has 6 atom stereocenters. The summed E-state index contributed by atoms with van der Waals surface area (Å²) in [6, 6.07) is 0. The Bertz CT molecular complexity index is 277. The number of cyclic esters (lactones) is 1. The van der Waals surface area contributed by atoms with Crippen molar-refractivity contribution in [2.45, 2.75) is 25.0 Å². The van der Waals surface area contributed by atoms with Gasteiger partial charge in [0.15, 0.2) is 0 Å². The lowest BCUT2D eigenvalue weighted by Crippen LogP contribution is -2.57. The smallest absolute Gasteiger partial charge is 0.309 e. The molecule has 4 nitrogen and oxygen atoms in total. The SMILES string of the molecule is O=C1OCC2C3CCC(C(O)C3O)C12. The van der Waals surface area contributed by atoms with Crippen LogP contribution in [-0.4, -0.2) is 35.0 Å². The van der Waals surface area contributed by atoms with Gasteiger partial charge in [0.05, 0.1) is 24.7 Å². The van der Waals surface area contributed by atoms with Gasteiger partial charge in [0.25, 0.3) is 0 Å². The normalized spacial score (nSPS) is 55.7. The molecule has 0 spiro atoms. The lowest BCUT2D eigenvalue weighted by molar-refractivity contribution is -0.163. The summed E-state index contributed by atoms with van der Waals surface area (Å²) >= 11 is 0. The molecule has 3 saturated carbocycles. The van der Waals surface area contributed by atoms with Crippen molar-refractivity contribution in [2.75, 3.05) is 6.61 Å². The van der Waals surface area contributed by atoms with E-state index in [1.54, 1.807) is 0 Å². The van der Waals surface area contributed by atoms with Crippen molar-refractivity contribution in [3.63, 3.8) is 0 Å². The summed E-state index contributed by atoms with van der Waals surface area (Å²) in [5, 5.41) is 19.6. The van der Waals surface area contributed by atoms with Crippen molar-refractivity contribution in [3.05, 3.63) is 0 Å². The number of rotatable bonds is 0. The van der Waals surface area contributed by atoms with Crippen molar-refractivity contribution in [2.24, 2.45) is 23.7 Å². The Hall–Kier alpha value is -0.610. The Balaban J connectivity index is 1.97. The third kappa shape index (κ3) is 0.880. The molecule has 4 heteroatoms. The highest BCUT2D eigenvalue weighted by molar-refractivity contribution is 5.75. The van der Waals surface area contributed by atoms with Crippen molar-refractivity contribution >= 4 is 5.97 Å². The molecular formula is C10H14O4. The summed E-state index contributed by atoms with van der Waals surface area (Å²) in [4.78, 5) is 11.4. The number of hydrogen-bond donors (Lipinski definition) is 2. The minimum Gasteiger partial charge on any atom is -0.465 e. The molecule has 2 bridgehead atoms. The summed E-state index contributed by atoms with van der Waals surface area (Å²) in [7, 11) is 0. The van der Waals surface area contributed by atoms with E-state index in [4.69, 9.17) is 4.74 Å². The molecule has 14 heavy (non-hydrogen) atoms. The second kappa shape index (κ2) is 2.70. The molecule has 0 amide bonds. The monoisotopic (exact) mass is 198 g/mol. The van der Waals surface area contributed by atoms with Crippen LogP contribution in [0.2, 0.25) is 0 Å². The van der Waals surface area contributed by atoms with Crippen LogP contribution < -0.4 is 0 Å². The molecule has 0 radical (unpaired) electrons. The Labute approximate surface area is 81.9 Å². The number of esters is 1. The largest absolute Gasteiger partial charge is 0.465 e. The van der Waals surface area contributed by atoms with E-state index >= 15 is 0 Å². The molecule has 0 aromatic heterocycles. The van der Waals surface area contributed by atoms with Crippen molar-refractivity contribution in [1.29, 1.82) is 0 Å². The van der Waals surface area contributed by atoms with Gasteiger partial charge in [-0.05, 0) is 18.8 Å². The summed E-state index contributed by atoms with van der Waals surface area (Å²) in [6.45, 7) is 0.439. The van der Waals surface area contributed by atoms with Crippen molar-refractivity contribution in [3.8, 4) is 0 Å². The van der Waals surface area contributed by atoms with Gasteiger partial charge in [-0.15, -0.1) is 0 Å². The fraction of sp³-hybridized carbons (Fsp3) is 0.900. The van der Waals surface area contributed by atoms with E-state index in [1.165, 1.54) is 0 Å². The number of aliphatic hydroxyl groups excluding tert-OH is 2. The second-order valence-corrected chi connectivity index (χ2v) is 4.71. The number of fused-ring (bicyclic) bond motifs is 2. The van der Waals surface area contributed by atoms with Crippen LogP contribution in [0.1, 0.15) is 12.8 Å². The lowest BCUT2D eigenvalue weighted by atomic mass is 9.57. The molecule has 4 aliphatic rings. The van der Waals surface area contributed by atoms with E-state index in [-0.39, 0.29) is 29.6 Å². The van der Waals surface area contributed by atoms with Gasteiger partial charge in [-0.3, -0.25) is 4.79 Å². The number of ether oxygens (including phenoxy) is 1. The zero-order chi connectivity index (χ0) is 9.87. The molecule has 4 rings (SSSR count). The van der Waals surface area contributed by atoms with Gasteiger partial charge in [-0.1, -0.05) is 0 Å². The molecular weight excluding hydrogens is 184 g/mol. The van der Waals surface area contributed by atoms with E-state index in [0.717, 1.165) is 12.8 Å². The maximum absolute atomic E-state index is 11.4. The van der Waals surface area contributed by atoms with Crippen LogP contribution in [0.15, 0.2) is 0 Å². The molecule has 4 fully saturated rings. The average Bonchev–Trinajstić information content (AvgIpc) is 2.57. The Morgan fingerprint density at radius 1 is 1.07 bits per heavy atom. The first-order valence-electron chi connectivity index (χ1n) is 5.23. The van der Waals surface area contributed by atoms with Crippen LogP contribution in [0, 0.1) is 23.7 Å². The van der Waals surface area contributed by atoms with E-state index in [1.807, 2.05) is 0 Å². The highest BCUT2D eigenvalue weighted by atomic mass is 16.5. The molecule has 1 saturated heterocycles. The highest BCUT2D eigenvalue weighted by Crippen LogP contribution is 2.51. The molecule has 78 valence electrons. The van der Waals surface area contributed by atoms with Crippen LogP contribution in [0.5, 0.6) is 0 Å². The van der Waals surface area contributed by atoms with Crippen molar-refractivity contribution in [1.82, 2.24) is 0 Å². The number of carbonyl (C=O) groups is 1. The van der Waals surface area contributed by atoms with Gasteiger partial charge in [-0.25, -0.2) is 0 Å². The first-order valence-corrected chi connectivity index (χ1v) is 5.23. The highest BCUT2D eigenvalue weighted by Gasteiger charge is 2.58. The van der Waals surface area contributed by atoms with Crippen LogP contribution in [0.25, 0.3) is 0 Å². The number of aliphatic hydroxyl groups is 2. The van der Waals surface area contributed by atoms with Crippen molar-refractivity contribution < 1.29 is 19.7 Å². The fourth-order valence-corrected chi connectivity index (χ4v) is 3.53. The van der Waals surface area contributed by atoms with Crippen LogP contribution in [0.4, 0.5) is 0 Å². The maximum atomic E-state index is 11.4. The Morgan fingerprint density at radius 2 is 1.71 bits per heavy atom. The third-order valence-corrected chi connectivity index (χ3v) is 4.22. The summed E-state index contributed by atoms with van der Waals surface area (Å²) in [5.74, 6) is -0.177. The lowest BCUT2D eigenvalue weighted by Gasteiger charge is -2.49. The van der Waals surface area contributed by atoms with Crippen LogP contribution in [-0.2, 0) is 9.53 Å². The molecule has 1 aliphatic heterocycles. The quantitative estimate of drug-likeness (QED) is 0.517. The molecule has 0 aromatic rings. The summed E-state index contributed by atoms with van der Waals surface area (Å²) in [6.07, 6.45) is 0.394. The van der Waals surface area contributed by atoms with Gasteiger partial charge in [0.2, 0.25) is 0 Å². The van der Waals surface area contributed by atoms with Crippen LogP contribution in [0.3, 0.4) is 0 Å². The molecule has 2 N–H and O–H groups in total. The minimum atomic E-state index is -0.722. The van der Waals surface area contributed by atoms with Gasteiger partial charge in [0, 0.05) is 11.8 Å². The molecule has 6 unspecified atom stereocenters. The van der Waals surface area contributed by atoms with E-state index < -0.39 is 12.2 Å². The van der Waals surface area contributed by atoms with Gasteiger partial charge < -0.3 is 14.9 Å². The zero-order valence-electron chi connectivity index (χ0n) is 7.80. The van der Waals surface area contributed by atoms with Crippen LogP contribution >= 0.6 is 0 Å². The van der Waals surface area contributed by atoms with E-state index in [9.17, 15) is 15.0 Å². The first-order chi connectivity index (χ1) is 6.70. The summed E-state index contributed by atoms with van der Waals surface area (Å²) in [5.41, 5.74) is 0. The minimum absolute atomic E-state index is 0.0615. The molecule has 1 heterocycles. The van der Waals surface area contributed by atoms with Gasteiger partial charge in [0.1, 0.15) is 0 Å². The topological polar surface area (TPSA) is 66.8 Å². The van der Waals surface area contributed by atoms with Gasteiger partial charge >= 0.3 is 5.97 Å². The summed E-state index contributed by atoms with van der Waals surface area (Å²) < 4.78 is 5.02. The fourth-order valence-electron chi connectivity index (χ4n) is 3.53. The predicted molar refractivity (Wildman–Crippen MR) is 46.2 cm³/mol. The van der Waals surface area contributed by atoms with E-state index in [0.29, 0.717) is 6.61 Å². The second-order valence-electron chi connectivity index (χ2n) is 4.71. The predicted octanol–water partition coefficient (Wildman–Crippen LogP) is -0.463. The molecule has 0 aromatic carbocycles. The Morgan fingerprint density at radius 3 is 2.50 bits per heavy atom. The van der Waals surface area contributed by atoms with E-state index in [2.05, 4.69) is 0 Å². The third-order valence-electron chi connectivity index (χ3n) is 4.22. The first kappa shape index (κ1) is 8.68. The standard InChI is InChI=1S/C10H14O4/c11-8-4-1-2-5(9(8)12)7-6(4)3-14-10(7)13/h4-9,11-12H,1-3H2. The molecule has 3 aliphatic carbocycles. The maximum Gasteiger partial charge on any atom is 0.309 e. The zero-order valence-corrected chi connectivity index (χ0v) is 7.80. The average molecular weight is 198 g/mol. The Kier molecular flexibility index (Phi) is 1.67. The number of hydrogen-bond acceptors (Lipinski definition) is 4.